The number of aliphatic hydroxyl groups is 2. The molecule has 6 nitrogen and oxygen atoms in total. The van der Waals surface area contributed by atoms with Gasteiger partial charge >= 0.3 is 11.9 Å². The van der Waals surface area contributed by atoms with E-state index in [4.69, 9.17) is 19.7 Å². The first-order valence-electron chi connectivity index (χ1n) is 13.7. The third kappa shape index (κ3) is 10.4. The van der Waals surface area contributed by atoms with Crippen LogP contribution in [0.1, 0.15) is 88.7 Å². The van der Waals surface area contributed by atoms with Gasteiger partial charge in [-0.3, -0.25) is 0 Å². The van der Waals surface area contributed by atoms with Crippen molar-refractivity contribution in [2.45, 2.75) is 84.0 Å². The summed E-state index contributed by atoms with van der Waals surface area (Å²) in [6.07, 6.45) is 11.9. The number of ether oxygens (including phenoxy) is 2. The van der Waals surface area contributed by atoms with Gasteiger partial charge in [-0.25, -0.2) is 9.59 Å². The van der Waals surface area contributed by atoms with E-state index < -0.39 is 30.6 Å². The summed E-state index contributed by atoms with van der Waals surface area (Å²) >= 11 is 0. The van der Waals surface area contributed by atoms with Crippen LogP contribution < -0.4 is 0 Å². The van der Waals surface area contributed by atoms with Crippen LogP contribution in [0.4, 0.5) is 0 Å². The Balaban J connectivity index is 1.94. The highest BCUT2D eigenvalue weighted by Gasteiger charge is 2.29. The van der Waals surface area contributed by atoms with Gasteiger partial charge in [0.25, 0.3) is 0 Å². The van der Waals surface area contributed by atoms with Crippen molar-refractivity contribution in [2.75, 3.05) is 26.4 Å². The van der Waals surface area contributed by atoms with E-state index in [-0.39, 0.29) is 24.4 Å². The van der Waals surface area contributed by atoms with E-state index in [2.05, 4.69) is 44.3 Å². The van der Waals surface area contributed by atoms with Crippen LogP contribution in [0.5, 0.6) is 0 Å². The second-order valence-corrected chi connectivity index (χ2v) is 10.9. The minimum Gasteiger partial charge on any atom is -0.462 e. The largest absolute Gasteiger partial charge is 0.462 e. The number of aliphatic hydroxyl groups excluding tert-OH is 2. The highest BCUT2D eigenvalue weighted by Crippen LogP contribution is 2.38. The van der Waals surface area contributed by atoms with Gasteiger partial charge in [0.2, 0.25) is 0 Å². The Morgan fingerprint density at radius 3 is 1.95 bits per heavy atom. The van der Waals surface area contributed by atoms with Crippen molar-refractivity contribution in [1.29, 1.82) is 0 Å². The summed E-state index contributed by atoms with van der Waals surface area (Å²) in [7, 11) is 0. The lowest BCUT2D eigenvalue weighted by Gasteiger charge is -2.29. The standard InChI is InChI=1S/C31H46O6/c1-5-6-7-8-25-9-13-27(14-10-25)28-15-11-26(12-16-28)17-18-31(4,21-36-29(34)23(2)19-32)22-37-30(35)24(3)20-33/h11-12,15-16,25,27,32-33H,2-3,5-10,13-14,17-22H2,1,4H3. The zero-order chi connectivity index (χ0) is 27.3. The minimum atomic E-state index is -0.677. The summed E-state index contributed by atoms with van der Waals surface area (Å²) < 4.78 is 10.7. The van der Waals surface area contributed by atoms with Crippen molar-refractivity contribution < 1.29 is 29.3 Å². The van der Waals surface area contributed by atoms with Crippen molar-refractivity contribution >= 4 is 11.9 Å². The molecule has 2 N–H and O–H groups in total. The van der Waals surface area contributed by atoms with Gasteiger partial charge in [-0.1, -0.05) is 77.0 Å². The van der Waals surface area contributed by atoms with E-state index in [9.17, 15) is 9.59 Å². The van der Waals surface area contributed by atoms with Crippen molar-refractivity contribution in [3.63, 3.8) is 0 Å². The third-order valence-electron chi connectivity index (χ3n) is 7.59. The molecule has 0 aliphatic heterocycles. The molecule has 0 heterocycles. The molecule has 0 spiro atoms. The molecule has 0 bridgehead atoms. The van der Waals surface area contributed by atoms with Gasteiger partial charge in [-0.2, -0.15) is 0 Å². The molecule has 1 aliphatic rings. The van der Waals surface area contributed by atoms with Gasteiger partial charge in [-0.05, 0) is 61.5 Å². The van der Waals surface area contributed by atoms with Crippen molar-refractivity contribution in [1.82, 2.24) is 0 Å². The number of unbranched alkanes of at least 4 members (excludes halogenated alkanes) is 2. The predicted octanol–water partition coefficient (Wildman–Crippen LogP) is 5.66. The topological polar surface area (TPSA) is 93.1 Å². The zero-order valence-corrected chi connectivity index (χ0v) is 22.8. The summed E-state index contributed by atoms with van der Waals surface area (Å²) in [5, 5.41) is 18.2. The normalized spacial score (nSPS) is 17.7. The average molecular weight is 515 g/mol. The Hall–Kier alpha value is -2.44. The van der Waals surface area contributed by atoms with Gasteiger partial charge < -0.3 is 19.7 Å². The molecule has 0 aromatic heterocycles. The van der Waals surface area contributed by atoms with Crippen LogP contribution >= 0.6 is 0 Å². The van der Waals surface area contributed by atoms with Crippen LogP contribution in [0.15, 0.2) is 48.6 Å². The third-order valence-corrected chi connectivity index (χ3v) is 7.59. The highest BCUT2D eigenvalue weighted by molar-refractivity contribution is 5.88. The van der Waals surface area contributed by atoms with Crippen LogP contribution in [0.3, 0.4) is 0 Å². The van der Waals surface area contributed by atoms with E-state index in [0.29, 0.717) is 12.3 Å². The maximum atomic E-state index is 12.0. The summed E-state index contributed by atoms with van der Waals surface area (Å²) in [5.41, 5.74) is 1.86. The van der Waals surface area contributed by atoms with Crippen molar-refractivity contribution in [2.24, 2.45) is 11.3 Å². The number of hydrogen-bond donors (Lipinski definition) is 2. The van der Waals surface area contributed by atoms with E-state index in [1.165, 1.54) is 62.5 Å². The Kier molecular flexibility index (Phi) is 13.1. The fourth-order valence-corrected chi connectivity index (χ4v) is 4.87. The Morgan fingerprint density at radius 1 is 0.919 bits per heavy atom. The van der Waals surface area contributed by atoms with Crippen LogP contribution in [0.2, 0.25) is 0 Å². The summed E-state index contributed by atoms with van der Waals surface area (Å²) in [4.78, 5) is 24.0. The smallest absolute Gasteiger partial charge is 0.335 e. The molecule has 1 aromatic carbocycles. The van der Waals surface area contributed by atoms with Crippen LogP contribution in [0.25, 0.3) is 0 Å². The molecule has 0 radical (unpaired) electrons. The zero-order valence-electron chi connectivity index (χ0n) is 22.8. The molecule has 1 fully saturated rings. The summed E-state index contributed by atoms with van der Waals surface area (Å²) in [6.45, 7) is 10.2. The molecule has 2 rings (SSSR count). The van der Waals surface area contributed by atoms with Crippen LogP contribution in [0, 0.1) is 11.3 Å². The average Bonchev–Trinajstić information content (AvgIpc) is 2.93. The van der Waals surface area contributed by atoms with E-state index in [0.717, 1.165) is 12.3 Å². The monoisotopic (exact) mass is 514 g/mol. The van der Waals surface area contributed by atoms with Gasteiger partial charge in [0.15, 0.2) is 0 Å². The summed E-state index contributed by atoms with van der Waals surface area (Å²) in [5.74, 6) is 0.181. The first kappa shape index (κ1) is 30.8. The SMILES string of the molecule is C=C(CO)C(=O)OCC(C)(CCc1ccc(C2CCC(CCCCC)CC2)cc1)COC(=O)C(=C)CO. The van der Waals surface area contributed by atoms with Crippen molar-refractivity contribution in [3.8, 4) is 0 Å². The number of hydrogen-bond acceptors (Lipinski definition) is 6. The lowest BCUT2D eigenvalue weighted by molar-refractivity contribution is -0.149. The van der Waals surface area contributed by atoms with Gasteiger partial charge in [-0.15, -0.1) is 0 Å². The van der Waals surface area contributed by atoms with Crippen LogP contribution in [-0.2, 0) is 25.5 Å². The lowest BCUT2D eigenvalue weighted by atomic mass is 9.77. The lowest BCUT2D eigenvalue weighted by Crippen LogP contribution is -2.33. The Labute approximate surface area is 222 Å². The number of benzene rings is 1. The number of aryl methyl sites for hydroxylation is 1. The number of carbonyl (C=O) groups is 2. The van der Waals surface area contributed by atoms with E-state index in [1.807, 2.05) is 6.92 Å². The molecule has 1 saturated carbocycles. The molecule has 1 aliphatic carbocycles. The molecule has 0 atom stereocenters. The van der Waals surface area contributed by atoms with E-state index in [1.54, 1.807) is 0 Å². The van der Waals surface area contributed by atoms with Gasteiger partial charge in [0.05, 0.1) is 24.4 Å². The second kappa shape index (κ2) is 15.7. The molecule has 206 valence electrons. The van der Waals surface area contributed by atoms with Gasteiger partial charge in [0, 0.05) is 5.41 Å². The molecule has 37 heavy (non-hydrogen) atoms. The highest BCUT2D eigenvalue weighted by atomic mass is 16.5. The number of rotatable bonds is 16. The predicted molar refractivity (Wildman–Crippen MR) is 146 cm³/mol. The van der Waals surface area contributed by atoms with E-state index >= 15 is 0 Å². The molecule has 1 aromatic rings. The number of esters is 2. The number of carbonyl (C=O) groups excluding carboxylic acids is 2. The van der Waals surface area contributed by atoms with Crippen molar-refractivity contribution in [3.05, 3.63) is 59.7 Å². The molecule has 0 unspecified atom stereocenters. The Bertz CT molecular complexity index is 847. The minimum absolute atomic E-state index is 0.00329. The molecular formula is C31H46O6. The molecule has 0 amide bonds. The van der Waals surface area contributed by atoms with Crippen LogP contribution in [-0.4, -0.2) is 48.6 Å². The van der Waals surface area contributed by atoms with Gasteiger partial charge in [0.1, 0.15) is 13.2 Å². The molecule has 6 heteroatoms. The Morgan fingerprint density at radius 2 is 1.46 bits per heavy atom. The first-order chi connectivity index (χ1) is 17.7. The molecule has 0 saturated heterocycles. The first-order valence-corrected chi connectivity index (χ1v) is 13.7. The summed E-state index contributed by atoms with van der Waals surface area (Å²) in [6, 6.07) is 8.82. The maximum Gasteiger partial charge on any atom is 0.335 e. The second-order valence-electron chi connectivity index (χ2n) is 10.9. The molecular weight excluding hydrogens is 468 g/mol. The fraction of sp³-hybridized carbons (Fsp3) is 0.613. The quantitative estimate of drug-likeness (QED) is 0.168. The maximum absolute atomic E-state index is 12.0. The fourth-order valence-electron chi connectivity index (χ4n) is 4.87.